The molecule has 5 heteroatoms. The minimum Gasteiger partial charge on any atom is -0.378 e. The van der Waals surface area contributed by atoms with E-state index in [4.69, 9.17) is 4.74 Å². The number of ether oxygens (including phenoxy) is 1. The third-order valence-corrected chi connectivity index (χ3v) is 5.01. The molecule has 4 nitrogen and oxygen atoms in total. The van der Waals surface area contributed by atoms with Gasteiger partial charge in [-0.15, -0.1) is 0 Å². The van der Waals surface area contributed by atoms with Gasteiger partial charge in [0, 0.05) is 13.1 Å². The number of carbonyl (C=O) groups excluding carboxylic acids is 1. The second kappa shape index (κ2) is 6.49. The molecule has 0 bridgehead atoms. The fraction of sp³-hybridized carbons (Fsp3) is 0.444. The Morgan fingerprint density at radius 3 is 2.43 bits per heavy atom. The van der Waals surface area contributed by atoms with E-state index >= 15 is 0 Å². The number of carbonyl (C=O) groups is 1. The van der Waals surface area contributed by atoms with Crippen molar-refractivity contribution < 1.29 is 9.53 Å². The van der Waals surface area contributed by atoms with E-state index in [1.54, 1.807) is 0 Å². The van der Waals surface area contributed by atoms with Gasteiger partial charge in [-0.05, 0) is 34.4 Å². The maximum atomic E-state index is 12.1. The lowest BCUT2D eigenvalue weighted by molar-refractivity contribution is -0.113. The van der Waals surface area contributed by atoms with Gasteiger partial charge >= 0.3 is 0 Å². The molecule has 122 valence electrons. The summed E-state index contributed by atoms with van der Waals surface area (Å²) in [6.45, 7) is 9.57. The average Bonchev–Trinajstić information content (AvgIpc) is 2.89. The number of benzene rings is 1. The average molecular weight is 330 g/mol. The first kappa shape index (κ1) is 16.3. The Balaban J connectivity index is 1.72. The highest BCUT2D eigenvalue weighted by Crippen LogP contribution is 2.31. The lowest BCUT2D eigenvalue weighted by Crippen LogP contribution is -2.38. The predicted molar refractivity (Wildman–Crippen MR) is 95.5 cm³/mol. The number of amides is 1. The van der Waals surface area contributed by atoms with E-state index in [0.29, 0.717) is 18.1 Å². The van der Waals surface area contributed by atoms with Gasteiger partial charge in [-0.2, -0.15) is 4.99 Å². The lowest BCUT2D eigenvalue weighted by atomic mass is 9.87. The zero-order chi connectivity index (χ0) is 16.4. The molecule has 1 fully saturated rings. The summed E-state index contributed by atoms with van der Waals surface area (Å²) in [6.07, 6.45) is 1.93. The number of amidine groups is 1. The first-order valence-corrected chi connectivity index (χ1v) is 8.71. The number of hydrogen-bond acceptors (Lipinski definition) is 4. The van der Waals surface area contributed by atoms with Crippen LogP contribution in [0.4, 0.5) is 0 Å². The molecule has 1 aromatic carbocycles. The summed E-state index contributed by atoms with van der Waals surface area (Å²) in [5, 5.41) is 0.802. The van der Waals surface area contributed by atoms with Crippen molar-refractivity contribution in [3.05, 3.63) is 40.3 Å². The van der Waals surface area contributed by atoms with Crippen LogP contribution in [0.25, 0.3) is 6.08 Å². The molecule has 0 unspecified atom stereocenters. The summed E-state index contributed by atoms with van der Waals surface area (Å²) in [4.78, 5) is 19.1. The molecule has 0 saturated carbocycles. The Morgan fingerprint density at radius 1 is 1.17 bits per heavy atom. The molecule has 2 aliphatic rings. The highest BCUT2D eigenvalue weighted by atomic mass is 32.2. The van der Waals surface area contributed by atoms with E-state index in [1.165, 1.54) is 17.3 Å². The van der Waals surface area contributed by atoms with Crippen LogP contribution in [0, 0.1) is 0 Å². The van der Waals surface area contributed by atoms with Crippen LogP contribution in [0.1, 0.15) is 31.9 Å². The quantitative estimate of drug-likeness (QED) is 0.741. The van der Waals surface area contributed by atoms with Gasteiger partial charge in [0.2, 0.25) is 0 Å². The van der Waals surface area contributed by atoms with Gasteiger partial charge in [0.1, 0.15) is 0 Å². The third-order valence-electron chi connectivity index (χ3n) is 3.97. The van der Waals surface area contributed by atoms with Gasteiger partial charge < -0.3 is 9.64 Å². The molecule has 1 amide bonds. The molecule has 3 rings (SSSR count). The van der Waals surface area contributed by atoms with Gasteiger partial charge in [-0.3, -0.25) is 4.79 Å². The maximum Gasteiger partial charge on any atom is 0.286 e. The molecule has 0 aromatic heterocycles. The van der Waals surface area contributed by atoms with E-state index in [1.807, 2.05) is 6.08 Å². The van der Waals surface area contributed by atoms with Gasteiger partial charge in [-0.25, -0.2) is 0 Å². The molecule has 0 aliphatic carbocycles. The second-order valence-corrected chi connectivity index (χ2v) is 7.79. The summed E-state index contributed by atoms with van der Waals surface area (Å²) in [6, 6.07) is 8.38. The minimum atomic E-state index is -0.142. The number of thioether (sulfide) groups is 1. The number of nitrogens with zero attached hydrogens (tertiary/aromatic N) is 2. The monoisotopic (exact) mass is 330 g/mol. The van der Waals surface area contributed by atoms with Crippen molar-refractivity contribution in [1.82, 2.24) is 4.90 Å². The van der Waals surface area contributed by atoms with E-state index in [-0.39, 0.29) is 11.3 Å². The van der Waals surface area contributed by atoms with Gasteiger partial charge in [0.25, 0.3) is 5.91 Å². The Kier molecular flexibility index (Phi) is 4.60. The van der Waals surface area contributed by atoms with E-state index in [9.17, 15) is 4.79 Å². The van der Waals surface area contributed by atoms with Crippen LogP contribution in [0.2, 0.25) is 0 Å². The van der Waals surface area contributed by atoms with Crippen molar-refractivity contribution >= 4 is 28.9 Å². The molecule has 23 heavy (non-hydrogen) atoms. The van der Waals surface area contributed by atoms with Crippen molar-refractivity contribution in [2.75, 3.05) is 26.3 Å². The van der Waals surface area contributed by atoms with Crippen molar-refractivity contribution in [3.63, 3.8) is 0 Å². The van der Waals surface area contributed by atoms with Crippen LogP contribution in [-0.4, -0.2) is 42.3 Å². The maximum absolute atomic E-state index is 12.1. The standard InChI is InChI=1S/C18H22N2O2S/c1-18(2,3)14-6-4-13(5-7-14)12-15-16(21)19-17(23-15)20-8-10-22-11-9-20/h4-7,12H,8-11H2,1-3H3/b15-12-. The zero-order valence-corrected chi connectivity index (χ0v) is 14.7. The summed E-state index contributed by atoms with van der Waals surface area (Å²) in [5.74, 6) is -0.142. The van der Waals surface area contributed by atoms with E-state index in [0.717, 1.165) is 23.8 Å². The summed E-state index contributed by atoms with van der Waals surface area (Å²) < 4.78 is 5.34. The first-order valence-electron chi connectivity index (χ1n) is 7.89. The lowest BCUT2D eigenvalue weighted by Gasteiger charge is -2.27. The number of aliphatic imine (C=N–C) groups is 1. The molecule has 2 aliphatic heterocycles. The van der Waals surface area contributed by atoms with Crippen molar-refractivity contribution in [2.24, 2.45) is 4.99 Å². The third kappa shape index (κ3) is 3.85. The van der Waals surface area contributed by atoms with Gasteiger partial charge in [0.05, 0.1) is 18.1 Å². The van der Waals surface area contributed by atoms with E-state index < -0.39 is 0 Å². The van der Waals surface area contributed by atoms with Crippen LogP contribution >= 0.6 is 11.8 Å². The fourth-order valence-electron chi connectivity index (χ4n) is 2.52. The molecule has 1 aromatic rings. The molecule has 2 heterocycles. The largest absolute Gasteiger partial charge is 0.378 e. The fourth-order valence-corrected chi connectivity index (χ4v) is 3.48. The summed E-state index contributed by atoms with van der Waals surface area (Å²) in [7, 11) is 0. The Labute approximate surface area is 141 Å². The van der Waals surface area contributed by atoms with Crippen LogP contribution < -0.4 is 0 Å². The molecule has 0 atom stereocenters. The molecule has 1 saturated heterocycles. The zero-order valence-electron chi connectivity index (χ0n) is 13.8. The molecule has 0 spiro atoms. The van der Waals surface area contributed by atoms with Crippen molar-refractivity contribution in [3.8, 4) is 0 Å². The second-order valence-electron chi connectivity index (χ2n) is 6.78. The number of rotatable bonds is 1. The van der Waals surface area contributed by atoms with Crippen LogP contribution in [0.15, 0.2) is 34.2 Å². The normalized spacial score (nSPS) is 21.0. The molecule has 0 N–H and O–H groups in total. The highest BCUT2D eigenvalue weighted by molar-refractivity contribution is 8.18. The number of morpholine rings is 1. The predicted octanol–water partition coefficient (Wildman–Crippen LogP) is 3.29. The van der Waals surface area contributed by atoms with Crippen molar-refractivity contribution in [1.29, 1.82) is 0 Å². The summed E-state index contributed by atoms with van der Waals surface area (Å²) >= 11 is 1.46. The Bertz CT molecular complexity index is 651. The van der Waals surface area contributed by atoms with E-state index in [2.05, 4.69) is 54.9 Å². The van der Waals surface area contributed by atoms with Crippen molar-refractivity contribution in [2.45, 2.75) is 26.2 Å². The minimum absolute atomic E-state index is 0.135. The topological polar surface area (TPSA) is 41.9 Å². The Morgan fingerprint density at radius 2 is 1.83 bits per heavy atom. The number of hydrogen-bond donors (Lipinski definition) is 0. The first-order chi connectivity index (χ1) is 10.9. The highest BCUT2D eigenvalue weighted by Gasteiger charge is 2.27. The molecule has 0 radical (unpaired) electrons. The van der Waals surface area contributed by atoms with Crippen LogP contribution in [0.5, 0.6) is 0 Å². The SMILES string of the molecule is CC(C)(C)c1ccc(/C=C2\SC(N3CCOCC3)=NC2=O)cc1. The molecular weight excluding hydrogens is 308 g/mol. The summed E-state index contributed by atoms with van der Waals surface area (Å²) in [5.41, 5.74) is 2.46. The van der Waals surface area contributed by atoms with Crippen LogP contribution in [0.3, 0.4) is 0 Å². The van der Waals surface area contributed by atoms with Crippen LogP contribution in [-0.2, 0) is 14.9 Å². The van der Waals surface area contributed by atoms with Gasteiger partial charge in [-0.1, -0.05) is 45.0 Å². The Hall–Kier alpha value is -1.59. The van der Waals surface area contributed by atoms with Gasteiger partial charge in [0.15, 0.2) is 5.17 Å². The molecular formula is C18H22N2O2S. The smallest absolute Gasteiger partial charge is 0.286 e.